The molecule has 11 atom stereocenters. The number of rotatable bonds is 36. The molecule has 0 radical (unpaired) electrons. The van der Waals surface area contributed by atoms with Crippen molar-refractivity contribution < 1.29 is 67.0 Å². The molecule has 0 heterocycles. The normalized spacial score (nSPS) is 15.8. The lowest BCUT2D eigenvalue weighted by molar-refractivity contribution is -0.159. The van der Waals surface area contributed by atoms with Crippen LogP contribution in [-0.4, -0.2) is 211 Å². The number of hydrogen-bond acceptors (Lipinski definition) is 14. The van der Waals surface area contributed by atoms with Crippen molar-refractivity contribution in [3.63, 3.8) is 0 Å². The van der Waals surface area contributed by atoms with Crippen molar-refractivity contribution in [3.05, 3.63) is 12.2 Å². The number of nitrogens with zero attached hydrogens (tertiary/aromatic N) is 6. The molecule has 0 unspecified atom stereocenters. The molecule has 0 aromatic carbocycles. The molecule has 8 amide bonds. The first-order valence-corrected chi connectivity index (χ1v) is 30.7. The van der Waals surface area contributed by atoms with Crippen molar-refractivity contribution in [1.29, 1.82) is 0 Å². The number of ketones is 1. The van der Waals surface area contributed by atoms with E-state index in [-0.39, 0.29) is 79.9 Å². The summed E-state index contributed by atoms with van der Waals surface area (Å²) in [5.74, 6) is -9.22. The van der Waals surface area contributed by atoms with Crippen LogP contribution in [0.15, 0.2) is 12.2 Å². The zero-order chi connectivity index (χ0) is 67.2. The van der Waals surface area contributed by atoms with Crippen molar-refractivity contribution in [1.82, 2.24) is 40.0 Å². The minimum absolute atomic E-state index is 0.0128. The van der Waals surface area contributed by atoms with Gasteiger partial charge < -0.3 is 54.2 Å². The highest BCUT2D eigenvalue weighted by Gasteiger charge is 2.46. The minimum Gasteiger partial charge on any atom is -0.468 e. The average molecular weight is 1220 g/mol. The van der Waals surface area contributed by atoms with E-state index in [2.05, 4.69) is 10.6 Å². The molecule has 0 fully saturated rings. The number of carbonyl (C=O) groups is 11. The van der Waals surface area contributed by atoms with Crippen LogP contribution in [0.25, 0.3) is 0 Å². The lowest BCUT2D eigenvalue weighted by Crippen LogP contribution is -2.63. The van der Waals surface area contributed by atoms with Gasteiger partial charge in [0.15, 0.2) is 5.78 Å². The van der Waals surface area contributed by atoms with Crippen LogP contribution in [0.5, 0.6) is 0 Å². The highest BCUT2D eigenvalue weighted by atomic mass is 16.6. The van der Waals surface area contributed by atoms with E-state index in [0.717, 1.165) is 4.90 Å². The van der Waals surface area contributed by atoms with Gasteiger partial charge in [-0.3, -0.25) is 52.7 Å². The lowest BCUT2D eigenvalue weighted by atomic mass is 9.88. The van der Waals surface area contributed by atoms with Crippen LogP contribution in [0.3, 0.4) is 0 Å². The van der Waals surface area contributed by atoms with Gasteiger partial charge in [-0.1, -0.05) is 102 Å². The summed E-state index contributed by atoms with van der Waals surface area (Å²) >= 11 is 0. The van der Waals surface area contributed by atoms with Gasteiger partial charge in [0.05, 0.1) is 31.6 Å². The van der Waals surface area contributed by atoms with Gasteiger partial charge in [-0.15, -0.1) is 0 Å². The maximum atomic E-state index is 15.1. The van der Waals surface area contributed by atoms with Gasteiger partial charge in [0.1, 0.15) is 48.4 Å². The first-order chi connectivity index (χ1) is 39.6. The maximum absolute atomic E-state index is 15.1. The fraction of sp³-hybridized carbons (Fsp3) is 0.797. The van der Waals surface area contributed by atoms with E-state index in [1.54, 1.807) is 48.5 Å². The van der Waals surface area contributed by atoms with Gasteiger partial charge in [0, 0.05) is 61.7 Å². The Bertz CT molecular complexity index is 2300. The first-order valence-electron chi connectivity index (χ1n) is 30.7. The largest absolute Gasteiger partial charge is 0.468 e. The molecule has 0 aliphatic carbocycles. The molecule has 22 nitrogen and oxygen atoms in total. The lowest BCUT2D eigenvalue weighted by Gasteiger charge is -2.42. The van der Waals surface area contributed by atoms with Crippen LogP contribution in [0.4, 0.5) is 0 Å². The molecule has 0 spiro atoms. The van der Waals surface area contributed by atoms with Gasteiger partial charge in [-0.05, 0) is 102 Å². The van der Waals surface area contributed by atoms with E-state index < -0.39 is 125 Å². The van der Waals surface area contributed by atoms with Gasteiger partial charge in [0.2, 0.25) is 47.3 Å². The third kappa shape index (κ3) is 24.7. The smallest absolute Gasteiger partial charge is 0.325 e. The Labute approximate surface area is 516 Å². The summed E-state index contributed by atoms with van der Waals surface area (Å²) in [4.78, 5) is 162. The molecular weight excluding hydrogens is 1100 g/mol. The van der Waals surface area contributed by atoms with Crippen molar-refractivity contribution in [3.8, 4) is 0 Å². The Balaban J connectivity index is 7.04. The molecule has 2 N–H and O–H groups in total. The predicted octanol–water partition coefficient (Wildman–Crippen LogP) is 6.16. The quantitative estimate of drug-likeness (QED) is 0.0526. The summed E-state index contributed by atoms with van der Waals surface area (Å²) in [6.45, 7) is 31.9. The van der Waals surface area contributed by atoms with Crippen LogP contribution >= 0.6 is 0 Å². The standard InChI is InChI=1S/C64H114N8O14/c1-27-29-30-42(13)55(85-26)54(57(77)66-46(28-2)60(80)67(19)36-52(75)84-25)72(24)63(83)53(41(11)12)71(23)62(82)49(33-39(7)8)70(22)61(81)48(32-38(5)6)69(21)58(78)44(15)65-56(76)43(14)34-50(73)47(31-37(3)4)68(20)59(79)45(40(9)10)35-51(74)86-64(16,17)18/h27,29,37-49,53-55H,28,30-36H2,1-26H3,(H,65,76)(H,66,77)/b29-27+/t42-,43-,44-,45+,46+,47-,48+,49+,53+,54+,55-/m1/s1. The van der Waals surface area contributed by atoms with E-state index >= 15 is 14.4 Å². The summed E-state index contributed by atoms with van der Waals surface area (Å²) in [6.07, 6.45) is 3.70. The fourth-order valence-corrected chi connectivity index (χ4v) is 10.6. The first kappa shape index (κ1) is 80.1. The van der Waals surface area contributed by atoms with E-state index in [1.807, 2.05) is 81.4 Å². The molecule has 86 heavy (non-hydrogen) atoms. The minimum atomic E-state index is -1.32. The molecule has 494 valence electrons. The number of likely N-dealkylation sites (N-methyl/N-ethyl adjacent to an activating group) is 6. The van der Waals surface area contributed by atoms with Crippen LogP contribution in [0, 0.1) is 47.3 Å². The van der Waals surface area contributed by atoms with E-state index in [4.69, 9.17) is 14.2 Å². The molecule has 22 heteroatoms. The summed E-state index contributed by atoms with van der Waals surface area (Å²) in [7, 11) is 11.4. The highest BCUT2D eigenvalue weighted by molar-refractivity contribution is 5.98. The SMILES string of the molecule is C/C=C/C[C@@H](C)[C@@H](OC)[C@@H](C(=O)N[C@@H](CC)C(=O)N(C)CC(=O)OC)N(C)C(=O)[C@H](C(C)C)N(C)C(=O)[C@H](CC(C)C)N(C)C(=O)[C@H](CC(C)C)N(C)C(=O)[C@@H](C)NC(=O)[C@H](C)CC(=O)[C@@H](CC(C)C)N(C)C(=O)[C@@H](CC(=O)OC(C)(C)C)C(C)C. The summed E-state index contributed by atoms with van der Waals surface area (Å²) in [5, 5.41) is 5.54. The second-order valence-corrected chi connectivity index (χ2v) is 26.5. The number of methoxy groups -OCH3 is 2. The molecule has 0 aliphatic rings. The molecule has 0 rings (SSSR count). The molecule has 0 aromatic rings. The topological polar surface area (TPSA) is 259 Å². The second-order valence-electron chi connectivity index (χ2n) is 26.5. The number of esters is 2. The molecule has 0 aliphatic heterocycles. The van der Waals surface area contributed by atoms with E-state index in [1.165, 1.54) is 87.9 Å². The third-order valence-electron chi connectivity index (χ3n) is 15.6. The maximum Gasteiger partial charge on any atom is 0.325 e. The van der Waals surface area contributed by atoms with Crippen molar-refractivity contribution in [2.75, 3.05) is 63.1 Å². The van der Waals surface area contributed by atoms with E-state index in [0.29, 0.717) is 12.8 Å². The van der Waals surface area contributed by atoms with Gasteiger partial charge in [0.25, 0.3) is 0 Å². The molecule has 0 saturated carbocycles. The Hall–Kier alpha value is -5.93. The fourth-order valence-electron chi connectivity index (χ4n) is 10.6. The van der Waals surface area contributed by atoms with Crippen molar-refractivity contribution >= 4 is 65.0 Å². The zero-order valence-corrected chi connectivity index (χ0v) is 57.4. The van der Waals surface area contributed by atoms with Crippen LogP contribution < -0.4 is 10.6 Å². The highest BCUT2D eigenvalue weighted by Crippen LogP contribution is 2.28. The van der Waals surface area contributed by atoms with Gasteiger partial charge in [-0.25, -0.2) is 0 Å². The number of hydrogen-bond donors (Lipinski definition) is 2. The Kier molecular flexibility index (Phi) is 34.5. The molecule has 0 aromatic heterocycles. The number of nitrogens with one attached hydrogen (secondary N) is 2. The van der Waals surface area contributed by atoms with Crippen LogP contribution in [0.2, 0.25) is 0 Å². The Morgan fingerprint density at radius 3 is 1.42 bits per heavy atom. The van der Waals surface area contributed by atoms with Gasteiger partial charge in [-0.2, -0.15) is 0 Å². The average Bonchev–Trinajstić information content (AvgIpc) is 2.98. The summed E-state index contributed by atoms with van der Waals surface area (Å²) in [6, 6.07) is -7.92. The predicted molar refractivity (Wildman–Crippen MR) is 332 cm³/mol. The number of ether oxygens (including phenoxy) is 3. The molecular formula is C64H114N8O14. The Morgan fingerprint density at radius 2 is 0.988 bits per heavy atom. The third-order valence-corrected chi connectivity index (χ3v) is 15.6. The number of allylic oxidation sites excluding steroid dienone is 2. The van der Waals surface area contributed by atoms with Crippen LogP contribution in [-0.2, 0) is 67.0 Å². The Morgan fingerprint density at radius 1 is 0.523 bits per heavy atom. The monoisotopic (exact) mass is 1220 g/mol. The van der Waals surface area contributed by atoms with Crippen LogP contribution in [0.1, 0.15) is 170 Å². The zero-order valence-electron chi connectivity index (χ0n) is 57.4. The van der Waals surface area contributed by atoms with E-state index in [9.17, 15) is 38.4 Å². The summed E-state index contributed by atoms with van der Waals surface area (Å²) < 4.78 is 16.2. The summed E-state index contributed by atoms with van der Waals surface area (Å²) in [5.41, 5.74) is -0.750. The number of Topliss-reactive ketones (excluding diaryl/α,β-unsaturated/α-hetero) is 1. The molecule has 0 bridgehead atoms. The van der Waals surface area contributed by atoms with Gasteiger partial charge >= 0.3 is 11.9 Å². The number of amides is 8. The van der Waals surface area contributed by atoms with Crippen molar-refractivity contribution in [2.45, 2.75) is 224 Å². The second kappa shape index (κ2) is 37.0. The molecule has 0 saturated heterocycles. The van der Waals surface area contributed by atoms with Crippen molar-refractivity contribution in [2.24, 2.45) is 47.3 Å². The number of carbonyl (C=O) groups excluding carboxylic acids is 11.